The number of thiocarbonyl (C=S) groups is 1. The standard InChI is InChI=1S/C11H9N3OS2/c15-10-8(17-11(16)14-10)4-6-5-13-7-2-1-3-12-9(6)7/h1-3,5,8,13H,4H2,(H,14,15,16). The average Bonchev–Trinajstić information content (AvgIpc) is 2.85. The van der Waals surface area contributed by atoms with Crippen molar-refractivity contribution < 1.29 is 4.79 Å². The van der Waals surface area contributed by atoms with E-state index >= 15 is 0 Å². The molecule has 17 heavy (non-hydrogen) atoms. The first kappa shape index (κ1) is 10.7. The van der Waals surface area contributed by atoms with E-state index in [-0.39, 0.29) is 11.2 Å². The normalized spacial score (nSPS) is 19.9. The third-order valence-corrected chi connectivity index (χ3v) is 4.06. The van der Waals surface area contributed by atoms with Crippen LogP contribution >= 0.6 is 24.0 Å². The van der Waals surface area contributed by atoms with Crippen molar-refractivity contribution in [2.24, 2.45) is 0 Å². The second kappa shape index (κ2) is 4.12. The number of carbonyl (C=O) groups is 1. The van der Waals surface area contributed by atoms with Crippen molar-refractivity contribution in [3.8, 4) is 0 Å². The van der Waals surface area contributed by atoms with Gasteiger partial charge in [0.15, 0.2) is 0 Å². The SMILES string of the molecule is O=C1NC(=S)SC1Cc1c[nH]c2cccnc12. The molecule has 0 spiro atoms. The molecule has 0 bridgehead atoms. The Morgan fingerprint density at radius 1 is 1.53 bits per heavy atom. The fourth-order valence-corrected chi connectivity index (χ4v) is 3.19. The number of aromatic nitrogens is 2. The Morgan fingerprint density at radius 2 is 2.41 bits per heavy atom. The molecule has 0 aromatic carbocycles. The van der Waals surface area contributed by atoms with Crippen molar-refractivity contribution in [2.45, 2.75) is 11.7 Å². The lowest BCUT2D eigenvalue weighted by Gasteiger charge is -2.03. The molecule has 1 saturated heterocycles. The summed E-state index contributed by atoms with van der Waals surface area (Å²) in [4.78, 5) is 19.1. The van der Waals surface area contributed by atoms with Gasteiger partial charge in [-0.1, -0.05) is 24.0 Å². The van der Waals surface area contributed by atoms with Gasteiger partial charge >= 0.3 is 0 Å². The van der Waals surface area contributed by atoms with E-state index in [0.717, 1.165) is 16.6 Å². The molecule has 4 nitrogen and oxygen atoms in total. The van der Waals surface area contributed by atoms with Gasteiger partial charge in [0.05, 0.1) is 16.3 Å². The van der Waals surface area contributed by atoms with Crippen LogP contribution in [0.4, 0.5) is 0 Å². The van der Waals surface area contributed by atoms with E-state index < -0.39 is 0 Å². The highest BCUT2D eigenvalue weighted by molar-refractivity contribution is 8.24. The molecule has 3 rings (SSSR count). The fraction of sp³-hybridized carbons (Fsp3) is 0.182. The summed E-state index contributed by atoms with van der Waals surface area (Å²) in [6.07, 6.45) is 4.31. The number of H-pyrrole nitrogens is 1. The largest absolute Gasteiger partial charge is 0.360 e. The van der Waals surface area contributed by atoms with Gasteiger partial charge in [-0.2, -0.15) is 0 Å². The third kappa shape index (κ3) is 1.94. The minimum absolute atomic E-state index is 0.00900. The number of fused-ring (bicyclic) bond motifs is 1. The quantitative estimate of drug-likeness (QED) is 0.808. The number of hydrogen-bond donors (Lipinski definition) is 2. The number of pyridine rings is 1. The molecular weight excluding hydrogens is 254 g/mol. The molecule has 2 N–H and O–H groups in total. The van der Waals surface area contributed by atoms with Gasteiger partial charge in [-0.25, -0.2) is 0 Å². The maximum atomic E-state index is 11.6. The number of carbonyl (C=O) groups excluding carboxylic acids is 1. The number of rotatable bonds is 2. The van der Waals surface area contributed by atoms with Gasteiger partial charge in [-0.3, -0.25) is 9.78 Å². The summed E-state index contributed by atoms with van der Waals surface area (Å²) < 4.78 is 0.563. The van der Waals surface area contributed by atoms with Crippen LogP contribution in [0.1, 0.15) is 5.56 Å². The van der Waals surface area contributed by atoms with Gasteiger partial charge in [-0.15, -0.1) is 0 Å². The highest BCUT2D eigenvalue weighted by Crippen LogP contribution is 2.25. The van der Waals surface area contributed by atoms with Crippen LogP contribution in [-0.4, -0.2) is 25.4 Å². The lowest BCUT2D eigenvalue weighted by Crippen LogP contribution is -2.25. The molecule has 1 aliphatic heterocycles. The van der Waals surface area contributed by atoms with Gasteiger partial charge in [0.2, 0.25) is 5.91 Å². The Hall–Kier alpha value is -1.40. The van der Waals surface area contributed by atoms with Crippen molar-refractivity contribution in [2.75, 3.05) is 0 Å². The molecule has 86 valence electrons. The summed E-state index contributed by atoms with van der Waals surface area (Å²) in [6.45, 7) is 0. The molecule has 2 aromatic heterocycles. The predicted octanol–water partition coefficient (Wildman–Crippen LogP) is 1.62. The molecule has 1 aliphatic rings. The zero-order valence-electron chi connectivity index (χ0n) is 8.77. The minimum Gasteiger partial charge on any atom is -0.360 e. The monoisotopic (exact) mass is 263 g/mol. The van der Waals surface area contributed by atoms with Gasteiger partial charge < -0.3 is 10.3 Å². The van der Waals surface area contributed by atoms with Gasteiger partial charge in [0.1, 0.15) is 4.32 Å². The first-order valence-electron chi connectivity index (χ1n) is 5.16. The van der Waals surface area contributed by atoms with E-state index in [0.29, 0.717) is 10.7 Å². The molecular formula is C11H9N3OS2. The summed E-state index contributed by atoms with van der Waals surface area (Å²) in [5.41, 5.74) is 2.98. The van der Waals surface area contributed by atoms with Gasteiger partial charge in [-0.05, 0) is 24.1 Å². The lowest BCUT2D eigenvalue weighted by atomic mass is 10.1. The van der Waals surface area contributed by atoms with Crippen LogP contribution in [0.25, 0.3) is 11.0 Å². The Kier molecular flexibility index (Phi) is 2.60. The lowest BCUT2D eigenvalue weighted by molar-refractivity contribution is -0.118. The molecule has 1 unspecified atom stereocenters. The van der Waals surface area contributed by atoms with Crippen LogP contribution in [0.3, 0.4) is 0 Å². The maximum Gasteiger partial charge on any atom is 0.239 e. The Balaban J connectivity index is 1.90. The molecule has 1 fully saturated rings. The van der Waals surface area contributed by atoms with Gasteiger partial charge in [0, 0.05) is 12.4 Å². The molecule has 1 amide bonds. The second-order valence-corrected chi connectivity index (χ2v) is 5.68. The van der Waals surface area contributed by atoms with Crippen molar-refractivity contribution in [1.82, 2.24) is 15.3 Å². The van der Waals surface area contributed by atoms with Crippen LogP contribution in [0.15, 0.2) is 24.5 Å². The van der Waals surface area contributed by atoms with Crippen LogP contribution in [0.2, 0.25) is 0 Å². The number of aromatic amines is 1. The van der Waals surface area contributed by atoms with Crippen LogP contribution in [0, 0.1) is 0 Å². The van der Waals surface area contributed by atoms with Crippen LogP contribution in [-0.2, 0) is 11.2 Å². The Labute approximate surface area is 107 Å². The van der Waals surface area contributed by atoms with Gasteiger partial charge in [0.25, 0.3) is 0 Å². The molecule has 3 heterocycles. The number of thioether (sulfide) groups is 1. The fourth-order valence-electron chi connectivity index (χ4n) is 1.89. The summed E-state index contributed by atoms with van der Waals surface area (Å²) in [6, 6.07) is 3.85. The van der Waals surface area contributed by atoms with E-state index in [4.69, 9.17) is 12.2 Å². The molecule has 0 saturated carbocycles. The molecule has 6 heteroatoms. The Morgan fingerprint density at radius 3 is 3.18 bits per heavy atom. The molecule has 0 radical (unpaired) electrons. The van der Waals surface area contributed by atoms with E-state index in [9.17, 15) is 4.79 Å². The summed E-state index contributed by atoms with van der Waals surface area (Å²) in [7, 11) is 0. The summed E-state index contributed by atoms with van der Waals surface area (Å²) in [5.74, 6) is -0.00900. The van der Waals surface area contributed by atoms with Crippen molar-refractivity contribution in [3.05, 3.63) is 30.1 Å². The number of nitrogens with zero attached hydrogens (tertiary/aromatic N) is 1. The number of hydrogen-bond acceptors (Lipinski definition) is 4. The van der Waals surface area contributed by atoms with Crippen LogP contribution in [0.5, 0.6) is 0 Å². The average molecular weight is 263 g/mol. The highest BCUT2D eigenvalue weighted by atomic mass is 32.2. The topological polar surface area (TPSA) is 57.8 Å². The smallest absolute Gasteiger partial charge is 0.239 e. The molecule has 2 aromatic rings. The summed E-state index contributed by atoms with van der Waals surface area (Å²) >= 11 is 6.38. The third-order valence-electron chi connectivity index (χ3n) is 2.69. The van der Waals surface area contributed by atoms with Crippen molar-refractivity contribution in [3.63, 3.8) is 0 Å². The zero-order valence-corrected chi connectivity index (χ0v) is 10.4. The summed E-state index contributed by atoms with van der Waals surface area (Å²) in [5, 5.41) is 2.52. The highest BCUT2D eigenvalue weighted by Gasteiger charge is 2.29. The van der Waals surface area contributed by atoms with Crippen molar-refractivity contribution >= 4 is 45.2 Å². The molecule has 1 atom stereocenters. The van der Waals surface area contributed by atoms with E-state index in [1.165, 1.54) is 11.8 Å². The van der Waals surface area contributed by atoms with E-state index in [1.807, 2.05) is 18.3 Å². The predicted molar refractivity (Wildman–Crippen MR) is 71.9 cm³/mol. The van der Waals surface area contributed by atoms with E-state index in [2.05, 4.69) is 15.3 Å². The zero-order chi connectivity index (χ0) is 11.8. The second-order valence-electron chi connectivity index (χ2n) is 3.80. The molecule has 0 aliphatic carbocycles. The Bertz CT molecular complexity index is 608. The minimum atomic E-state index is -0.136. The first-order chi connectivity index (χ1) is 8.24. The number of nitrogens with one attached hydrogen (secondary N) is 2. The number of amides is 1. The maximum absolute atomic E-state index is 11.6. The van der Waals surface area contributed by atoms with E-state index in [1.54, 1.807) is 6.20 Å². The first-order valence-corrected chi connectivity index (χ1v) is 6.45. The van der Waals surface area contributed by atoms with Crippen LogP contribution < -0.4 is 5.32 Å². The van der Waals surface area contributed by atoms with Crippen molar-refractivity contribution in [1.29, 1.82) is 0 Å².